The van der Waals surface area contributed by atoms with Gasteiger partial charge in [0.25, 0.3) is 0 Å². The molecule has 74 valence electrons. The van der Waals surface area contributed by atoms with Gasteiger partial charge in [0.1, 0.15) is 0 Å². The van der Waals surface area contributed by atoms with Crippen LogP contribution in [-0.2, 0) is 0 Å². The third kappa shape index (κ3) is 8.33. The molecule has 0 amide bonds. The van der Waals surface area contributed by atoms with E-state index in [1.165, 1.54) is 0 Å². The molecule has 14 heavy (non-hydrogen) atoms. The summed E-state index contributed by atoms with van der Waals surface area (Å²) in [5.74, 6) is 0. The monoisotopic (exact) mass is 189 g/mol. The summed E-state index contributed by atoms with van der Waals surface area (Å²) in [6.07, 6.45) is 10.1. The quantitative estimate of drug-likeness (QED) is 0.639. The molecule has 0 bridgehead atoms. The van der Waals surface area contributed by atoms with E-state index in [0.29, 0.717) is 0 Å². The largest absolute Gasteiger partial charge is 0.265 e. The van der Waals surface area contributed by atoms with Gasteiger partial charge in [0.2, 0.25) is 0 Å². The van der Waals surface area contributed by atoms with E-state index in [1.807, 2.05) is 32.0 Å². The Morgan fingerprint density at radius 1 is 0.500 bits per heavy atom. The van der Waals surface area contributed by atoms with Crippen LogP contribution in [0.15, 0.2) is 55.4 Å². The lowest BCUT2D eigenvalue weighted by atomic mass is 10.5. The number of aromatic nitrogens is 3. The Morgan fingerprint density at radius 3 is 1.00 bits per heavy atom. The smallest absolute Gasteiger partial charge is 0.0451 e. The molecule has 3 nitrogen and oxygen atoms in total. The number of nitrogens with zero attached hydrogens (tertiary/aromatic N) is 3. The molecular formula is C11H15N3. The Bertz CT molecular complexity index is 186. The van der Waals surface area contributed by atoms with Gasteiger partial charge in [0.05, 0.1) is 0 Å². The van der Waals surface area contributed by atoms with Gasteiger partial charge in [-0.05, 0) is 12.1 Å². The van der Waals surface area contributed by atoms with Crippen LogP contribution in [0.25, 0.3) is 0 Å². The molecule has 0 N–H and O–H groups in total. The predicted molar refractivity (Wildman–Crippen MR) is 57.6 cm³/mol. The van der Waals surface area contributed by atoms with Gasteiger partial charge in [-0.3, -0.25) is 15.0 Å². The van der Waals surface area contributed by atoms with Crippen molar-refractivity contribution in [3.63, 3.8) is 0 Å². The standard InChI is InChI=1S/C5H5N.C4H4N2.C2H6/c1-2-4-6-5-3-1;1-2-6-4-3-5-1;1-2/h1-5H;1-4H;1-2H3. The zero-order valence-corrected chi connectivity index (χ0v) is 8.54. The van der Waals surface area contributed by atoms with Gasteiger partial charge in [0.15, 0.2) is 0 Å². The summed E-state index contributed by atoms with van der Waals surface area (Å²) in [7, 11) is 0. The predicted octanol–water partition coefficient (Wildman–Crippen LogP) is 2.58. The van der Waals surface area contributed by atoms with Crippen LogP contribution in [0.1, 0.15) is 13.8 Å². The topological polar surface area (TPSA) is 38.7 Å². The molecular weight excluding hydrogens is 174 g/mol. The highest BCUT2D eigenvalue weighted by Gasteiger charge is 1.59. The average molecular weight is 189 g/mol. The van der Waals surface area contributed by atoms with Gasteiger partial charge in [0, 0.05) is 37.2 Å². The van der Waals surface area contributed by atoms with E-state index < -0.39 is 0 Å². The molecule has 2 heterocycles. The van der Waals surface area contributed by atoms with Crippen molar-refractivity contribution < 1.29 is 0 Å². The molecule has 2 rings (SSSR count). The first-order valence-electron chi connectivity index (χ1n) is 4.55. The Balaban J connectivity index is 0.000000206. The molecule has 0 aliphatic rings. The van der Waals surface area contributed by atoms with E-state index in [0.717, 1.165) is 0 Å². The molecule has 3 heteroatoms. The van der Waals surface area contributed by atoms with Crippen molar-refractivity contribution in [1.29, 1.82) is 0 Å². The van der Waals surface area contributed by atoms with E-state index in [2.05, 4.69) is 15.0 Å². The number of hydrogen-bond acceptors (Lipinski definition) is 3. The third-order valence-corrected chi connectivity index (χ3v) is 1.04. The van der Waals surface area contributed by atoms with Crippen molar-refractivity contribution >= 4 is 0 Å². The Hall–Kier alpha value is -1.77. The van der Waals surface area contributed by atoms with Crippen LogP contribution < -0.4 is 0 Å². The molecule has 0 spiro atoms. The van der Waals surface area contributed by atoms with Crippen LogP contribution in [0.2, 0.25) is 0 Å². The fourth-order valence-electron chi connectivity index (χ4n) is 0.566. The van der Waals surface area contributed by atoms with Crippen LogP contribution in [-0.4, -0.2) is 15.0 Å². The Morgan fingerprint density at radius 2 is 0.857 bits per heavy atom. The van der Waals surface area contributed by atoms with Crippen molar-refractivity contribution in [2.24, 2.45) is 0 Å². The lowest BCUT2D eigenvalue weighted by Crippen LogP contribution is -1.66. The molecule has 0 saturated heterocycles. The second-order valence-electron chi connectivity index (χ2n) is 1.92. The van der Waals surface area contributed by atoms with Crippen molar-refractivity contribution in [3.05, 3.63) is 55.4 Å². The molecule has 0 fully saturated rings. The first-order valence-corrected chi connectivity index (χ1v) is 4.55. The van der Waals surface area contributed by atoms with Crippen LogP contribution in [0.5, 0.6) is 0 Å². The van der Waals surface area contributed by atoms with Gasteiger partial charge >= 0.3 is 0 Å². The average Bonchev–Trinajstić information content (AvgIpc) is 2.37. The van der Waals surface area contributed by atoms with Crippen molar-refractivity contribution in [3.8, 4) is 0 Å². The summed E-state index contributed by atoms with van der Waals surface area (Å²) in [4.78, 5) is 11.2. The van der Waals surface area contributed by atoms with Gasteiger partial charge in [-0.2, -0.15) is 0 Å². The molecule has 2 aromatic rings. The molecule has 0 aromatic carbocycles. The highest BCUT2D eigenvalue weighted by Crippen LogP contribution is 1.73. The van der Waals surface area contributed by atoms with E-state index in [1.54, 1.807) is 37.2 Å². The van der Waals surface area contributed by atoms with Gasteiger partial charge in [-0.15, -0.1) is 0 Å². The maximum atomic E-state index is 3.78. The SMILES string of the molecule is CC.c1ccncc1.c1cnccn1. The molecule has 0 aliphatic heterocycles. The fraction of sp³-hybridized carbons (Fsp3) is 0.182. The lowest BCUT2D eigenvalue weighted by Gasteiger charge is -1.70. The van der Waals surface area contributed by atoms with Crippen molar-refractivity contribution in [2.75, 3.05) is 0 Å². The summed E-state index contributed by atoms with van der Waals surface area (Å²) < 4.78 is 0. The van der Waals surface area contributed by atoms with Crippen LogP contribution >= 0.6 is 0 Å². The van der Waals surface area contributed by atoms with E-state index in [9.17, 15) is 0 Å². The minimum absolute atomic E-state index is 1.64. The first-order chi connectivity index (χ1) is 7.00. The third-order valence-electron chi connectivity index (χ3n) is 1.04. The summed E-state index contributed by atoms with van der Waals surface area (Å²) in [6, 6.07) is 5.72. The zero-order chi connectivity index (χ0) is 10.5. The zero-order valence-electron chi connectivity index (χ0n) is 8.54. The number of pyridine rings is 1. The summed E-state index contributed by atoms with van der Waals surface area (Å²) in [6.45, 7) is 4.00. The molecule has 0 saturated carbocycles. The summed E-state index contributed by atoms with van der Waals surface area (Å²) in [5, 5.41) is 0. The van der Waals surface area contributed by atoms with E-state index >= 15 is 0 Å². The molecule has 0 radical (unpaired) electrons. The second-order valence-corrected chi connectivity index (χ2v) is 1.92. The van der Waals surface area contributed by atoms with Crippen LogP contribution in [0.3, 0.4) is 0 Å². The highest BCUT2D eigenvalue weighted by atomic mass is 14.7. The van der Waals surface area contributed by atoms with Crippen LogP contribution in [0.4, 0.5) is 0 Å². The maximum Gasteiger partial charge on any atom is 0.0451 e. The summed E-state index contributed by atoms with van der Waals surface area (Å²) >= 11 is 0. The first kappa shape index (κ1) is 12.2. The van der Waals surface area contributed by atoms with Crippen LogP contribution in [0, 0.1) is 0 Å². The number of rotatable bonds is 0. The lowest BCUT2D eigenvalue weighted by molar-refractivity contribution is 1.20. The molecule has 0 aliphatic carbocycles. The van der Waals surface area contributed by atoms with Gasteiger partial charge in [-0.25, -0.2) is 0 Å². The molecule has 2 aromatic heterocycles. The minimum Gasteiger partial charge on any atom is -0.265 e. The Labute approximate surface area is 84.9 Å². The number of hydrogen-bond donors (Lipinski definition) is 0. The minimum atomic E-state index is 1.64. The fourth-order valence-corrected chi connectivity index (χ4v) is 0.566. The van der Waals surface area contributed by atoms with E-state index in [-0.39, 0.29) is 0 Å². The normalized spacial score (nSPS) is 7.29. The molecule has 0 atom stereocenters. The Kier molecular flexibility index (Phi) is 9.81. The maximum absolute atomic E-state index is 3.78. The second kappa shape index (κ2) is 11.2. The van der Waals surface area contributed by atoms with Crippen molar-refractivity contribution in [2.45, 2.75) is 13.8 Å². The van der Waals surface area contributed by atoms with Gasteiger partial charge < -0.3 is 0 Å². The molecule has 0 unspecified atom stereocenters. The highest BCUT2D eigenvalue weighted by molar-refractivity contribution is 4.88. The summed E-state index contributed by atoms with van der Waals surface area (Å²) in [5.41, 5.74) is 0. The van der Waals surface area contributed by atoms with Crippen molar-refractivity contribution in [1.82, 2.24) is 15.0 Å². The van der Waals surface area contributed by atoms with Gasteiger partial charge in [-0.1, -0.05) is 19.9 Å². The van der Waals surface area contributed by atoms with E-state index in [4.69, 9.17) is 0 Å².